The number of aromatic nitrogens is 1. The Morgan fingerprint density at radius 1 is 0.824 bits per heavy atom. The molecule has 4 aromatic rings. The molecule has 1 aromatic heterocycles. The molecule has 0 radical (unpaired) electrons. The van der Waals surface area contributed by atoms with Crippen LogP contribution in [0, 0.1) is 0 Å². The molecule has 1 amide bonds. The predicted octanol–water partition coefficient (Wildman–Crippen LogP) is 6.35. The van der Waals surface area contributed by atoms with Crippen molar-refractivity contribution in [1.82, 2.24) is 10.3 Å². The van der Waals surface area contributed by atoms with Crippen molar-refractivity contribution in [3.05, 3.63) is 100 Å². The highest BCUT2D eigenvalue weighted by molar-refractivity contribution is 6.36. The van der Waals surface area contributed by atoms with E-state index in [9.17, 15) is 4.79 Å². The lowest BCUT2D eigenvalue weighted by Crippen LogP contribution is -2.33. The van der Waals surface area contributed by atoms with Gasteiger partial charge in [0.05, 0.1) is 28.5 Å². The van der Waals surface area contributed by atoms with E-state index >= 15 is 0 Å². The molecule has 0 saturated carbocycles. The first-order valence-electron chi connectivity index (χ1n) is 10.9. The summed E-state index contributed by atoms with van der Waals surface area (Å²) >= 11 is 12.0. The van der Waals surface area contributed by atoms with E-state index in [0.29, 0.717) is 28.8 Å². The first kappa shape index (κ1) is 23.6. The first-order chi connectivity index (χ1) is 16.6. The number of carbonyl (C=O) groups is 1. The SMILES string of the molecule is O=C(CNc1ccc(Cl)cc1Cl)NCCNc1cc(/C=C/c2ccccc2)nc2ccccc12. The van der Waals surface area contributed by atoms with Gasteiger partial charge in [0.25, 0.3) is 0 Å². The molecule has 1 heterocycles. The zero-order valence-electron chi connectivity index (χ0n) is 18.4. The van der Waals surface area contributed by atoms with Crippen molar-refractivity contribution in [2.45, 2.75) is 0 Å². The highest BCUT2D eigenvalue weighted by Gasteiger charge is 2.06. The van der Waals surface area contributed by atoms with Gasteiger partial charge in [-0.2, -0.15) is 0 Å². The molecule has 172 valence electrons. The molecule has 0 aliphatic carbocycles. The Morgan fingerprint density at radius 3 is 2.44 bits per heavy atom. The van der Waals surface area contributed by atoms with E-state index in [1.165, 1.54) is 0 Å². The van der Waals surface area contributed by atoms with Crippen molar-refractivity contribution in [2.75, 3.05) is 30.3 Å². The number of para-hydroxylation sites is 1. The van der Waals surface area contributed by atoms with E-state index < -0.39 is 0 Å². The van der Waals surface area contributed by atoms with Crippen LogP contribution < -0.4 is 16.0 Å². The van der Waals surface area contributed by atoms with Crippen LogP contribution in [-0.2, 0) is 4.79 Å². The fraction of sp³-hybridized carbons (Fsp3) is 0.111. The smallest absolute Gasteiger partial charge is 0.239 e. The van der Waals surface area contributed by atoms with Crippen LogP contribution in [-0.4, -0.2) is 30.5 Å². The minimum Gasteiger partial charge on any atom is -0.383 e. The van der Waals surface area contributed by atoms with Crippen LogP contribution >= 0.6 is 23.2 Å². The van der Waals surface area contributed by atoms with Crippen molar-refractivity contribution < 1.29 is 4.79 Å². The fourth-order valence-electron chi connectivity index (χ4n) is 3.44. The summed E-state index contributed by atoms with van der Waals surface area (Å²) in [6.45, 7) is 1.16. The molecule has 0 aliphatic heterocycles. The number of halogens is 2. The Balaban J connectivity index is 1.34. The van der Waals surface area contributed by atoms with Crippen LogP contribution in [0.4, 0.5) is 11.4 Å². The number of fused-ring (bicyclic) bond motifs is 1. The third-order valence-electron chi connectivity index (χ3n) is 5.12. The van der Waals surface area contributed by atoms with Gasteiger partial charge >= 0.3 is 0 Å². The van der Waals surface area contributed by atoms with Gasteiger partial charge in [0.2, 0.25) is 5.91 Å². The van der Waals surface area contributed by atoms with Gasteiger partial charge in [0.15, 0.2) is 0 Å². The van der Waals surface area contributed by atoms with Crippen LogP contribution in [0.2, 0.25) is 10.0 Å². The molecule has 0 aliphatic rings. The van der Waals surface area contributed by atoms with E-state index in [0.717, 1.165) is 27.8 Å². The molecular weight excluding hydrogens is 467 g/mol. The lowest BCUT2D eigenvalue weighted by Gasteiger charge is -2.12. The van der Waals surface area contributed by atoms with E-state index in [4.69, 9.17) is 28.2 Å². The van der Waals surface area contributed by atoms with Gasteiger partial charge in [-0.15, -0.1) is 0 Å². The molecule has 4 rings (SSSR count). The lowest BCUT2D eigenvalue weighted by molar-refractivity contribution is -0.119. The van der Waals surface area contributed by atoms with E-state index in [1.807, 2.05) is 60.7 Å². The molecule has 0 fully saturated rings. The van der Waals surface area contributed by atoms with Gasteiger partial charge in [0.1, 0.15) is 0 Å². The Hall–Kier alpha value is -3.54. The summed E-state index contributed by atoms with van der Waals surface area (Å²) in [4.78, 5) is 17.0. The normalized spacial score (nSPS) is 11.0. The molecule has 5 nitrogen and oxygen atoms in total. The molecule has 0 atom stereocenters. The molecule has 3 aromatic carbocycles. The first-order valence-corrected chi connectivity index (χ1v) is 11.7. The lowest BCUT2D eigenvalue weighted by atomic mass is 10.1. The summed E-state index contributed by atoms with van der Waals surface area (Å²) < 4.78 is 0. The van der Waals surface area contributed by atoms with Crippen LogP contribution in [0.15, 0.2) is 78.9 Å². The monoisotopic (exact) mass is 490 g/mol. The van der Waals surface area contributed by atoms with Crippen molar-refractivity contribution in [3.8, 4) is 0 Å². The molecule has 0 saturated heterocycles. The molecule has 34 heavy (non-hydrogen) atoms. The number of anilines is 2. The van der Waals surface area contributed by atoms with Crippen LogP contribution in [0.25, 0.3) is 23.1 Å². The van der Waals surface area contributed by atoms with Crippen LogP contribution in [0.1, 0.15) is 11.3 Å². The summed E-state index contributed by atoms with van der Waals surface area (Å²) in [5.74, 6) is -0.126. The third kappa shape index (κ3) is 6.50. The third-order valence-corrected chi connectivity index (χ3v) is 5.66. The van der Waals surface area contributed by atoms with Crippen molar-refractivity contribution >= 4 is 63.5 Å². The largest absolute Gasteiger partial charge is 0.383 e. The summed E-state index contributed by atoms with van der Waals surface area (Å²) in [5, 5.41) is 11.4. The number of benzene rings is 3. The summed E-state index contributed by atoms with van der Waals surface area (Å²) in [5.41, 5.74) is 4.52. The number of nitrogens with zero attached hydrogens (tertiary/aromatic N) is 1. The quantitative estimate of drug-likeness (QED) is 0.239. The topological polar surface area (TPSA) is 66.1 Å². The Morgan fingerprint density at radius 2 is 1.62 bits per heavy atom. The second-order valence-electron chi connectivity index (χ2n) is 7.61. The number of hydrogen-bond donors (Lipinski definition) is 3. The molecule has 3 N–H and O–H groups in total. The van der Waals surface area contributed by atoms with Crippen LogP contribution in [0.5, 0.6) is 0 Å². The van der Waals surface area contributed by atoms with E-state index in [-0.39, 0.29) is 12.5 Å². The number of hydrogen-bond acceptors (Lipinski definition) is 4. The molecule has 0 spiro atoms. The highest BCUT2D eigenvalue weighted by Crippen LogP contribution is 2.25. The average Bonchev–Trinajstić information content (AvgIpc) is 2.85. The number of nitrogens with one attached hydrogen (secondary N) is 3. The van der Waals surface area contributed by atoms with Gasteiger partial charge in [-0.05, 0) is 42.0 Å². The van der Waals surface area contributed by atoms with Crippen molar-refractivity contribution in [3.63, 3.8) is 0 Å². The molecular formula is C27H24Cl2N4O. The number of pyridine rings is 1. The van der Waals surface area contributed by atoms with Crippen LogP contribution in [0.3, 0.4) is 0 Å². The zero-order valence-corrected chi connectivity index (χ0v) is 19.9. The molecule has 0 bridgehead atoms. The molecule has 0 unspecified atom stereocenters. The number of carbonyl (C=O) groups excluding carboxylic acids is 1. The fourth-order valence-corrected chi connectivity index (χ4v) is 3.92. The average molecular weight is 491 g/mol. The highest BCUT2D eigenvalue weighted by atomic mass is 35.5. The van der Waals surface area contributed by atoms with Crippen molar-refractivity contribution in [2.24, 2.45) is 0 Å². The van der Waals surface area contributed by atoms with E-state index in [1.54, 1.807) is 18.2 Å². The van der Waals surface area contributed by atoms with Gasteiger partial charge < -0.3 is 16.0 Å². The maximum atomic E-state index is 12.2. The Labute approximate surface area is 208 Å². The summed E-state index contributed by atoms with van der Waals surface area (Å²) in [7, 11) is 0. The molecule has 7 heteroatoms. The maximum Gasteiger partial charge on any atom is 0.239 e. The van der Waals surface area contributed by atoms with E-state index in [2.05, 4.69) is 28.1 Å². The number of amides is 1. The van der Waals surface area contributed by atoms with Gasteiger partial charge in [-0.25, -0.2) is 4.98 Å². The maximum absolute atomic E-state index is 12.2. The standard InChI is InChI=1S/C27H24Cl2N4O/c28-20-11-13-25(23(29)16-20)32-18-27(34)31-15-14-30-26-17-21(12-10-19-6-2-1-3-7-19)33-24-9-5-4-8-22(24)26/h1-13,16-17,32H,14-15,18H2,(H,30,33)(H,31,34)/b12-10+. The predicted molar refractivity (Wildman–Crippen MR) is 144 cm³/mol. The minimum absolute atomic E-state index is 0.119. The number of rotatable bonds is 9. The summed E-state index contributed by atoms with van der Waals surface area (Å²) in [6.07, 6.45) is 4.04. The zero-order chi connectivity index (χ0) is 23.8. The second-order valence-corrected chi connectivity index (χ2v) is 8.45. The Bertz CT molecular complexity index is 1310. The Kier molecular flexibility index (Phi) is 8.02. The van der Waals surface area contributed by atoms with Gasteiger partial charge in [-0.3, -0.25) is 4.79 Å². The second kappa shape index (κ2) is 11.5. The van der Waals surface area contributed by atoms with Gasteiger partial charge in [-0.1, -0.05) is 77.8 Å². The summed E-state index contributed by atoms with van der Waals surface area (Å²) in [6, 6.07) is 25.2. The van der Waals surface area contributed by atoms with Crippen molar-refractivity contribution in [1.29, 1.82) is 0 Å². The minimum atomic E-state index is -0.126. The van der Waals surface area contributed by atoms with Gasteiger partial charge in [0, 0.05) is 29.2 Å².